The van der Waals surface area contributed by atoms with Gasteiger partial charge in [-0.25, -0.2) is 0 Å². The lowest BCUT2D eigenvalue weighted by Gasteiger charge is -2.36. The SMILES string of the molecule is Oc1cc2c3c(c1O)CC1CC=CC=C1C3CNCC2. The van der Waals surface area contributed by atoms with Gasteiger partial charge in [0, 0.05) is 18.0 Å². The maximum atomic E-state index is 10.3. The lowest BCUT2D eigenvalue weighted by molar-refractivity contribution is 0.389. The summed E-state index contributed by atoms with van der Waals surface area (Å²) in [6, 6.07) is 1.76. The molecule has 0 fully saturated rings. The Balaban J connectivity index is 1.96. The van der Waals surface area contributed by atoms with Gasteiger partial charge in [0.25, 0.3) is 0 Å². The Hall–Kier alpha value is -1.74. The molecule has 3 N–H and O–H groups in total. The van der Waals surface area contributed by atoms with E-state index in [0.717, 1.165) is 37.9 Å². The number of rotatable bonds is 0. The van der Waals surface area contributed by atoms with Gasteiger partial charge in [-0.1, -0.05) is 23.8 Å². The monoisotopic (exact) mass is 269 g/mol. The quantitative estimate of drug-likeness (QED) is 0.634. The van der Waals surface area contributed by atoms with E-state index in [1.807, 2.05) is 0 Å². The summed E-state index contributed by atoms with van der Waals surface area (Å²) in [5, 5.41) is 23.8. The zero-order chi connectivity index (χ0) is 13.7. The molecular weight excluding hydrogens is 250 g/mol. The first kappa shape index (κ1) is 12.0. The largest absolute Gasteiger partial charge is 0.504 e. The molecule has 0 radical (unpaired) electrons. The van der Waals surface area contributed by atoms with Crippen molar-refractivity contribution in [2.24, 2.45) is 5.92 Å². The summed E-state index contributed by atoms with van der Waals surface area (Å²) in [5.41, 5.74) is 4.93. The fraction of sp³-hybridized carbons (Fsp3) is 0.412. The number of benzene rings is 1. The second kappa shape index (κ2) is 4.38. The minimum absolute atomic E-state index is 0.0400. The fourth-order valence-electron chi connectivity index (χ4n) is 4.03. The number of fused-ring (bicyclic) bond motifs is 2. The standard InChI is InChI=1S/C17H19NO2/c19-15-8-11-5-6-18-9-14-12-4-2-1-3-10(12)7-13(16(11)14)17(15)20/h1-2,4,8,10,14,18-20H,3,5-7,9H2. The van der Waals surface area contributed by atoms with Crippen LogP contribution in [0.3, 0.4) is 0 Å². The van der Waals surface area contributed by atoms with E-state index in [1.54, 1.807) is 6.07 Å². The highest BCUT2D eigenvalue weighted by Crippen LogP contribution is 2.49. The average molecular weight is 269 g/mol. The van der Waals surface area contributed by atoms with Crippen molar-refractivity contribution in [1.29, 1.82) is 0 Å². The predicted molar refractivity (Wildman–Crippen MR) is 78.1 cm³/mol. The van der Waals surface area contributed by atoms with Crippen molar-refractivity contribution >= 4 is 0 Å². The molecule has 2 unspecified atom stereocenters. The minimum Gasteiger partial charge on any atom is -0.504 e. The molecule has 3 heteroatoms. The summed E-state index contributed by atoms with van der Waals surface area (Å²) in [6.45, 7) is 1.86. The Morgan fingerprint density at radius 2 is 2.15 bits per heavy atom. The zero-order valence-electron chi connectivity index (χ0n) is 11.4. The number of phenolic OH excluding ortho intramolecular Hbond substituents is 2. The van der Waals surface area contributed by atoms with E-state index in [2.05, 4.69) is 23.5 Å². The Bertz CT molecular complexity index is 630. The van der Waals surface area contributed by atoms with Gasteiger partial charge in [-0.05, 0) is 48.9 Å². The van der Waals surface area contributed by atoms with Crippen LogP contribution in [-0.2, 0) is 12.8 Å². The first-order valence-electron chi connectivity index (χ1n) is 7.39. The van der Waals surface area contributed by atoms with Gasteiger partial charge in [0.15, 0.2) is 11.5 Å². The molecule has 1 aromatic carbocycles. The summed E-state index contributed by atoms with van der Waals surface area (Å²) < 4.78 is 0. The Morgan fingerprint density at radius 3 is 3.05 bits per heavy atom. The van der Waals surface area contributed by atoms with E-state index in [1.165, 1.54) is 16.7 Å². The van der Waals surface area contributed by atoms with Crippen molar-refractivity contribution in [2.75, 3.05) is 13.1 Å². The van der Waals surface area contributed by atoms with E-state index in [9.17, 15) is 10.2 Å². The van der Waals surface area contributed by atoms with Crippen molar-refractivity contribution in [1.82, 2.24) is 5.32 Å². The van der Waals surface area contributed by atoms with Crippen molar-refractivity contribution in [3.63, 3.8) is 0 Å². The van der Waals surface area contributed by atoms with Crippen molar-refractivity contribution < 1.29 is 10.2 Å². The number of nitrogens with one attached hydrogen (secondary N) is 1. The van der Waals surface area contributed by atoms with Crippen LogP contribution in [0, 0.1) is 5.92 Å². The van der Waals surface area contributed by atoms with Gasteiger partial charge in [0.1, 0.15) is 0 Å². The third-order valence-electron chi connectivity index (χ3n) is 4.95. The molecular formula is C17H19NO2. The number of allylic oxidation sites excluding steroid dienone is 3. The first-order chi connectivity index (χ1) is 9.75. The number of aromatic hydroxyl groups is 2. The van der Waals surface area contributed by atoms with E-state index in [0.29, 0.717) is 11.8 Å². The summed E-state index contributed by atoms with van der Waals surface area (Å²) in [7, 11) is 0. The molecule has 4 rings (SSSR count). The minimum atomic E-state index is 0.0400. The van der Waals surface area contributed by atoms with Gasteiger partial charge >= 0.3 is 0 Å². The van der Waals surface area contributed by atoms with Crippen LogP contribution in [0.5, 0.6) is 11.5 Å². The van der Waals surface area contributed by atoms with E-state index >= 15 is 0 Å². The molecule has 3 nitrogen and oxygen atoms in total. The molecule has 1 aliphatic heterocycles. The van der Waals surface area contributed by atoms with Crippen LogP contribution in [0.4, 0.5) is 0 Å². The molecule has 0 bridgehead atoms. The Kier molecular flexibility index (Phi) is 2.64. The molecule has 20 heavy (non-hydrogen) atoms. The zero-order valence-corrected chi connectivity index (χ0v) is 11.4. The van der Waals surface area contributed by atoms with Crippen LogP contribution >= 0.6 is 0 Å². The third-order valence-corrected chi connectivity index (χ3v) is 4.95. The molecule has 1 aromatic rings. The van der Waals surface area contributed by atoms with Gasteiger partial charge in [-0.15, -0.1) is 0 Å². The normalized spacial score (nSPS) is 27.3. The van der Waals surface area contributed by atoms with Crippen LogP contribution in [0.25, 0.3) is 0 Å². The van der Waals surface area contributed by atoms with Gasteiger partial charge in [0.05, 0.1) is 0 Å². The Labute approximate surface area is 118 Å². The van der Waals surface area contributed by atoms with E-state index in [-0.39, 0.29) is 11.5 Å². The molecule has 0 saturated carbocycles. The lowest BCUT2D eigenvalue weighted by atomic mass is 9.69. The number of hydrogen-bond donors (Lipinski definition) is 3. The van der Waals surface area contributed by atoms with Crippen molar-refractivity contribution in [3.8, 4) is 11.5 Å². The smallest absolute Gasteiger partial charge is 0.161 e. The van der Waals surface area contributed by atoms with Crippen LogP contribution in [0.1, 0.15) is 29.0 Å². The van der Waals surface area contributed by atoms with Crippen LogP contribution in [-0.4, -0.2) is 23.3 Å². The highest BCUT2D eigenvalue weighted by Gasteiger charge is 2.36. The van der Waals surface area contributed by atoms with Crippen molar-refractivity contribution in [3.05, 3.63) is 46.6 Å². The Morgan fingerprint density at radius 1 is 1.25 bits per heavy atom. The van der Waals surface area contributed by atoms with E-state index in [4.69, 9.17) is 0 Å². The molecule has 0 saturated heterocycles. The van der Waals surface area contributed by atoms with Gasteiger partial charge in [0.2, 0.25) is 0 Å². The molecule has 0 aromatic heterocycles. The molecule has 3 aliphatic rings. The highest BCUT2D eigenvalue weighted by molar-refractivity contribution is 5.59. The fourth-order valence-corrected chi connectivity index (χ4v) is 4.03. The molecule has 0 spiro atoms. The topological polar surface area (TPSA) is 52.5 Å². The third kappa shape index (κ3) is 1.63. The summed E-state index contributed by atoms with van der Waals surface area (Å²) >= 11 is 0. The summed E-state index contributed by atoms with van der Waals surface area (Å²) in [6.07, 6.45) is 9.40. The van der Waals surface area contributed by atoms with Crippen LogP contribution in [0.2, 0.25) is 0 Å². The maximum Gasteiger partial charge on any atom is 0.161 e. The van der Waals surface area contributed by atoms with E-state index < -0.39 is 0 Å². The molecule has 2 aliphatic carbocycles. The highest BCUT2D eigenvalue weighted by atomic mass is 16.3. The predicted octanol–water partition coefficient (Wildman–Crippen LogP) is 2.39. The second-order valence-corrected chi connectivity index (χ2v) is 6.03. The van der Waals surface area contributed by atoms with Gasteiger partial charge < -0.3 is 15.5 Å². The van der Waals surface area contributed by atoms with Crippen molar-refractivity contribution in [2.45, 2.75) is 25.2 Å². The molecule has 0 amide bonds. The van der Waals surface area contributed by atoms with Gasteiger partial charge in [-0.2, -0.15) is 0 Å². The molecule has 2 atom stereocenters. The first-order valence-corrected chi connectivity index (χ1v) is 7.39. The average Bonchev–Trinajstić information content (AvgIpc) is 2.68. The van der Waals surface area contributed by atoms with Gasteiger partial charge in [-0.3, -0.25) is 0 Å². The maximum absolute atomic E-state index is 10.3. The number of phenols is 2. The summed E-state index contributed by atoms with van der Waals surface area (Å²) in [5.74, 6) is 0.957. The summed E-state index contributed by atoms with van der Waals surface area (Å²) in [4.78, 5) is 0. The molecule has 104 valence electrons. The number of hydrogen-bond acceptors (Lipinski definition) is 3. The van der Waals surface area contributed by atoms with Crippen LogP contribution < -0.4 is 5.32 Å². The molecule has 1 heterocycles. The lowest BCUT2D eigenvalue weighted by Crippen LogP contribution is -2.29. The second-order valence-electron chi connectivity index (χ2n) is 6.03. The van der Waals surface area contributed by atoms with Crippen LogP contribution in [0.15, 0.2) is 29.9 Å².